The minimum absolute atomic E-state index is 0. The third-order valence-corrected chi connectivity index (χ3v) is 2.38. The molecular formula is C13H16IN3O. The van der Waals surface area contributed by atoms with Gasteiger partial charge >= 0.3 is 0 Å². The first-order valence-corrected chi connectivity index (χ1v) is 5.43. The number of benzene rings is 2. The van der Waals surface area contributed by atoms with Crippen LogP contribution in [0.5, 0.6) is 5.75 Å². The van der Waals surface area contributed by atoms with Crippen molar-refractivity contribution in [1.29, 1.82) is 0 Å². The van der Waals surface area contributed by atoms with Crippen molar-refractivity contribution < 1.29 is 4.74 Å². The van der Waals surface area contributed by atoms with Crippen molar-refractivity contribution in [3.05, 3.63) is 42.5 Å². The van der Waals surface area contributed by atoms with Crippen molar-refractivity contribution in [2.75, 3.05) is 13.2 Å². The zero-order valence-corrected chi connectivity index (χ0v) is 12.2. The van der Waals surface area contributed by atoms with Gasteiger partial charge in [-0.05, 0) is 22.9 Å². The van der Waals surface area contributed by atoms with E-state index in [-0.39, 0.29) is 29.9 Å². The summed E-state index contributed by atoms with van der Waals surface area (Å²) in [5.41, 5.74) is 10.4. The smallest absolute Gasteiger partial charge is 0.186 e. The molecule has 18 heavy (non-hydrogen) atoms. The summed E-state index contributed by atoms with van der Waals surface area (Å²) in [6.07, 6.45) is 0. The van der Waals surface area contributed by atoms with E-state index in [1.165, 1.54) is 5.39 Å². The molecule has 0 radical (unpaired) electrons. The molecule has 4 nitrogen and oxygen atoms in total. The average molecular weight is 357 g/mol. The Kier molecular flexibility index (Phi) is 5.70. The lowest BCUT2D eigenvalue weighted by Gasteiger charge is -2.05. The second kappa shape index (κ2) is 7.05. The van der Waals surface area contributed by atoms with Gasteiger partial charge in [0.05, 0.1) is 6.54 Å². The number of nitrogens with two attached hydrogens (primary N) is 2. The predicted molar refractivity (Wildman–Crippen MR) is 85.5 cm³/mol. The molecule has 0 fully saturated rings. The predicted octanol–water partition coefficient (Wildman–Crippen LogP) is 2.11. The molecule has 4 N–H and O–H groups in total. The first kappa shape index (κ1) is 14.6. The van der Waals surface area contributed by atoms with E-state index in [0.29, 0.717) is 13.2 Å². The molecule has 0 saturated carbocycles. The quantitative estimate of drug-likeness (QED) is 0.381. The molecule has 2 aromatic rings. The number of hydrogen-bond donors (Lipinski definition) is 2. The maximum Gasteiger partial charge on any atom is 0.186 e. The summed E-state index contributed by atoms with van der Waals surface area (Å²) in [4.78, 5) is 3.85. The van der Waals surface area contributed by atoms with E-state index in [9.17, 15) is 0 Å². The van der Waals surface area contributed by atoms with Crippen LogP contribution < -0.4 is 16.2 Å². The highest BCUT2D eigenvalue weighted by Crippen LogP contribution is 2.20. The largest absolute Gasteiger partial charge is 0.492 e. The van der Waals surface area contributed by atoms with Gasteiger partial charge < -0.3 is 16.2 Å². The molecule has 0 atom stereocenters. The van der Waals surface area contributed by atoms with Crippen molar-refractivity contribution in [3.8, 4) is 5.75 Å². The summed E-state index contributed by atoms with van der Waals surface area (Å²) in [6, 6.07) is 14.1. The normalized spacial score (nSPS) is 9.56. The van der Waals surface area contributed by atoms with Crippen LogP contribution in [-0.2, 0) is 0 Å². The number of fused-ring (bicyclic) bond motifs is 1. The molecule has 2 aromatic carbocycles. The van der Waals surface area contributed by atoms with Crippen molar-refractivity contribution in [1.82, 2.24) is 0 Å². The molecule has 0 aliphatic carbocycles. The zero-order chi connectivity index (χ0) is 12.1. The highest BCUT2D eigenvalue weighted by molar-refractivity contribution is 14.0. The second-order valence-electron chi connectivity index (χ2n) is 3.66. The Labute approximate surface area is 123 Å². The van der Waals surface area contributed by atoms with Crippen LogP contribution in [0, 0.1) is 0 Å². The lowest BCUT2D eigenvalue weighted by Crippen LogP contribution is -2.23. The standard InChI is InChI=1S/C13H15N3O.HI/c14-13(15)16-7-8-17-12-6-5-10-3-1-2-4-11(10)9-12;/h1-6,9H,7-8H2,(H4,14,15,16);1H. The lowest BCUT2D eigenvalue weighted by atomic mass is 10.1. The number of nitrogens with zero attached hydrogens (tertiary/aromatic N) is 1. The van der Waals surface area contributed by atoms with Crippen LogP contribution in [0.2, 0.25) is 0 Å². The topological polar surface area (TPSA) is 73.6 Å². The number of rotatable bonds is 4. The third-order valence-electron chi connectivity index (χ3n) is 2.38. The van der Waals surface area contributed by atoms with Crippen molar-refractivity contribution in [3.63, 3.8) is 0 Å². The maximum absolute atomic E-state index is 5.55. The van der Waals surface area contributed by atoms with E-state index in [4.69, 9.17) is 16.2 Å². The van der Waals surface area contributed by atoms with Crippen LogP contribution in [0.3, 0.4) is 0 Å². The monoisotopic (exact) mass is 357 g/mol. The van der Waals surface area contributed by atoms with Gasteiger partial charge in [-0.3, -0.25) is 4.99 Å². The van der Waals surface area contributed by atoms with Crippen molar-refractivity contribution >= 4 is 40.7 Å². The zero-order valence-electron chi connectivity index (χ0n) is 9.87. The first-order valence-electron chi connectivity index (χ1n) is 5.43. The number of ether oxygens (including phenoxy) is 1. The fraction of sp³-hybridized carbons (Fsp3) is 0.154. The molecule has 0 saturated heterocycles. The minimum Gasteiger partial charge on any atom is -0.492 e. The van der Waals surface area contributed by atoms with Gasteiger partial charge in [0.1, 0.15) is 12.4 Å². The van der Waals surface area contributed by atoms with Crippen molar-refractivity contribution in [2.24, 2.45) is 16.5 Å². The van der Waals surface area contributed by atoms with E-state index in [1.807, 2.05) is 30.3 Å². The highest BCUT2D eigenvalue weighted by Gasteiger charge is 1.96. The Morgan fingerprint density at radius 2 is 1.78 bits per heavy atom. The van der Waals surface area contributed by atoms with E-state index in [0.717, 1.165) is 11.1 Å². The van der Waals surface area contributed by atoms with Gasteiger partial charge in [0.25, 0.3) is 0 Å². The first-order chi connectivity index (χ1) is 8.25. The van der Waals surface area contributed by atoms with Gasteiger partial charge in [-0.15, -0.1) is 24.0 Å². The Balaban J connectivity index is 0.00000162. The molecule has 0 unspecified atom stereocenters. The number of hydrogen-bond acceptors (Lipinski definition) is 2. The summed E-state index contributed by atoms with van der Waals surface area (Å²) in [5.74, 6) is 0.918. The summed E-state index contributed by atoms with van der Waals surface area (Å²) >= 11 is 0. The minimum atomic E-state index is 0. The number of halogens is 1. The maximum atomic E-state index is 5.55. The van der Waals surface area contributed by atoms with Crippen LogP contribution in [0.25, 0.3) is 10.8 Å². The molecule has 0 amide bonds. The average Bonchev–Trinajstić information content (AvgIpc) is 2.34. The molecule has 0 aliphatic heterocycles. The Hall–Kier alpha value is -1.50. The third kappa shape index (κ3) is 4.06. The fourth-order valence-electron chi connectivity index (χ4n) is 1.60. The summed E-state index contributed by atoms with van der Waals surface area (Å²) in [7, 11) is 0. The summed E-state index contributed by atoms with van der Waals surface area (Å²) in [5, 5.41) is 2.36. The molecule has 0 aliphatic rings. The molecule has 2 rings (SSSR count). The van der Waals surface area contributed by atoms with E-state index < -0.39 is 0 Å². The SMILES string of the molecule is I.NC(N)=NCCOc1ccc2ccccc2c1. The molecule has 0 spiro atoms. The van der Waals surface area contributed by atoms with Crippen molar-refractivity contribution in [2.45, 2.75) is 0 Å². The van der Waals surface area contributed by atoms with Gasteiger partial charge in [-0.1, -0.05) is 30.3 Å². The molecule has 0 heterocycles. The second-order valence-corrected chi connectivity index (χ2v) is 3.66. The van der Waals surface area contributed by atoms with Crippen LogP contribution in [0.1, 0.15) is 0 Å². The Morgan fingerprint density at radius 3 is 2.50 bits per heavy atom. The van der Waals surface area contributed by atoms with E-state index in [1.54, 1.807) is 0 Å². The van der Waals surface area contributed by atoms with Gasteiger partial charge in [-0.25, -0.2) is 0 Å². The molecule has 0 bridgehead atoms. The van der Waals surface area contributed by atoms with Gasteiger partial charge in [0.15, 0.2) is 5.96 Å². The van der Waals surface area contributed by atoms with Crippen LogP contribution in [0.4, 0.5) is 0 Å². The fourth-order valence-corrected chi connectivity index (χ4v) is 1.60. The molecule has 5 heteroatoms. The van der Waals surface area contributed by atoms with Gasteiger partial charge in [0, 0.05) is 0 Å². The number of guanidine groups is 1. The molecular weight excluding hydrogens is 341 g/mol. The Morgan fingerprint density at radius 1 is 1.06 bits per heavy atom. The van der Waals surface area contributed by atoms with Crippen LogP contribution in [0.15, 0.2) is 47.5 Å². The highest BCUT2D eigenvalue weighted by atomic mass is 127. The van der Waals surface area contributed by atoms with Gasteiger partial charge in [-0.2, -0.15) is 0 Å². The van der Waals surface area contributed by atoms with Crippen LogP contribution >= 0.6 is 24.0 Å². The molecule has 96 valence electrons. The van der Waals surface area contributed by atoms with Crippen LogP contribution in [-0.4, -0.2) is 19.1 Å². The van der Waals surface area contributed by atoms with E-state index in [2.05, 4.69) is 17.1 Å². The number of aliphatic imine (C=N–C) groups is 1. The lowest BCUT2D eigenvalue weighted by molar-refractivity contribution is 0.329. The van der Waals surface area contributed by atoms with Gasteiger partial charge in [0.2, 0.25) is 0 Å². The summed E-state index contributed by atoms with van der Waals surface area (Å²) in [6.45, 7) is 0.936. The molecule has 0 aromatic heterocycles. The van der Waals surface area contributed by atoms with E-state index >= 15 is 0 Å². The summed E-state index contributed by atoms with van der Waals surface area (Å²) < 4.78 is 5.55. The Bertz CT molecular complexity index is 539.